The largest absolute Gasteiger partial charge is 0.366 e. The van der Waals surface area contributed by atoms with Crippen LogP contribution in [-0.4, -0.2) is 20.9 Å². The van der Waals surface area contributed by atoms with Crippen molar-refractivity contribution in [1.82, 2.24) is 0 Å². The number of benzene rings is 2. The van der Waals surface area contributed by atoms with Gasteiger partial charge in [-0.25, -0.2) is 8.42 Å². The fourth-order valence-corrected chi connectivity index (χ4v) is 3.99. The maximum Gasteiger partial charge on any atom is 0.264 e. The quantitative estimate of drug-likeness (QED) is 0.933. The first-order chi connectivity index (χ1) is 10.00. The van der Waals surface area contributed by atoms with E-state index < -0.39 is 15.9 Å². The van der Waals surface area contributed by atoms with Crippen molar-refractivity contribution in [2.75, 3.05) is 10.8 Å². The highest BCUT2D eigenvalue weighted by atomic mass is 32.2. The van der Waals surface area contributed by atoms with Crippen LogP contribution < -0.4 is 10.0 Å². The Morgan fingerprint density at radius 2 is 1.81 bits per heavy atom. The maximum atomic E-state index is 12.7. The Hall–Kier alpha value is -2.34. The first-order valence-electron chi connectivity index (χ1n) is 6.50. The van der Waals surface area contributed by atoms with Crippen LogP contribution in [0.3, 0.4) is 0 Å². The summed E-state index contributed by atoms with van der Waals surface area (Å²) in [5, 5.41) is 0. The highest BCUT2D eigenvalue weighted by molar-refractivity contribution is 7.92. The number of amides is 1. The van der Waals surface area contributed by atoms with Crippen LogP contribution in [0.5, 0.6) is 0 Å². The van der Waals surface area contributed by atoms with Crippen molar-refractivity contribution in [1.29, 1.82) is 0 Å². The summed E-state index contributed by atoms with van der Waals surface area (Å²) >= 11 is 0. The molecule has 0 fully saturated rings. The number of nitrogens with two attached hydrogens (primary N) is 1. The number of primary amides is 1. The fourth-order valence-electron chi connectivity index (χ4n) is 2.47. The van der Waals surface area contributed by atoms with Gasteiger partial charge in [-0.05, 0) is 36.2 Å². The summed E-state index contributed by atoms with van der Waals surface area (Å²) in [6, 6.07) is 13.2. The van der Waals surface area contributed by atoms with Crippen molar-refractivity contribution in [2.24, 2.45) is 5.73 Å². The van der Waals surface area contributed by atoms with Gasteiger partial charge in [-0.1, -0.05) is 24.3 Å². The Balaban J connectivity index is 2.08. The summed E-state index contributed by atoms with van der Waals surface area (Å²) in [5.41, 5.74) is 7.02. The van der Waals surface area contributed by atoms with Crippen LogP contribution in [0.1, 0.15) is 15.9 Å². The molecule has 0 saturated carbocycles. The number of carbonyl (C=O) groups excluding carboxylic acids is 1. The first kappa shape index (κ1) is 13.6. The van der Waals surface area contributed by atoms with Gasteiger partial charge in [0.1, 0.15) is 0 Å². The molecular formula is C15H14N2O3S. The minimum absolute atomic E-state index is 0.238. The van der Waals surface area contributed by atoms with Crippen LogP contribution in [0.4, 0.5) is 5.69 Å². The smallest absolute Gasteiger partial charge is 0.264 e. The second-order valence-electron chi connectivity index (χ2n) is 4.85. The van der Waals surface area contributed by atoms with E-state index in [0.717, 1.165) is 5.56 Å². The average molecular weight is 302 g/mol. The van der Waals surface area contributed by atoms with E-state index in [1.54, 1.807) is 48.5 Å². The fraction of sp³-hybridized carbons (Fsp3) is 0.133. The molecule has 1 heterocycles. The van der Waals surface area contributed by atoms with Gasteiger partial charge < -0.3 is 5.73 Å². The van der Waals surface area contributed by atoms with Crippen molar-refractivity contribution >= 4 is 21.6 Å². The third-order valence-corrected chi connectivity index (χ3v) is 5.38. The second kappa shape index (κ2) is 4.89. The molecule has 2 N–H and O–H groups in total. The lowest BCUT2D eigenvalue weighted by atomic mass is 10.1. The summed E-state index contributed by atoms with van der Waals surface area (Å²) in [6.45, 7) is 0.370. The van der Waals surface area contributed by atoms with E-state index in [4.69, 9.17) is 5.73 Å². The van der Waals surface area contributed by atoms with Crippen molar-refractivity contribution < 1.29 is 13.2 Å². The third-order valence-electron chi connectivity index (χ3n) is 3.55. The van der Waals surface area contributed by atoms with Crippen LogP contribution in [0.2, 0.25) is 0 Å². The lowest BCUT2D eigenvalue weighted by Gasteiger charge is -2.19. The first-order valence-corrected chi connectivity index (χ1v) is 7.94. The summed E-state index contributed by atoms with van der Waals surface area (Å²) in [6.07, 6.45) is 0.625. The Kier molecular flexibility index (Phi) is 3.17. The van der Waals surface area contributed by atoms with Crippen LogP contribution in [0.25, 0.3) is 0 Å². The number of hydrogen-bond acceptors (Lipinski definition) is 3. The minimum Gasteiger partial charge on any atom is -0.366 e. The molecule has 0 radical (unpaired) electrons. The molecular weight excluding hydrogens is 288 g/mol. The average Bonchev–Trinajstić information content (AvgIpc) is 2.91. The topological polar surface area (TPSA) is 80.5 Å². The predicted octanol–water partition coefficient (Wildman–Crippen LogP) is 1.54. The zero-order chi connectivity index (χ0) is 15.0. The molecule has 6 heteroatoms. The van der Waals surface area contributed by atoms with E-state index >= 15 is 0 Å². The van der Waals surface area contributed by atoms with Crippen LogP contribution >= 0.6 is 0 Å². The number of sulfonamides is 1. The van der Waals surface area contributed by atoms with Gasteiger partial charge >= 0.3 is 0 Å². The minimum atomic E-state index is -3.61. The number of hydrogen-bond donors (Lipinski definition) is 1. The van der Waals surface area contributed by atoms with Gasteiger partial charge in [-0.15, -0.1) is 0 Å². The summed E-state index contributed by atoms with van der Waals surface area (Å²) in [5.74, 6) is -0.568. The van der Waals surface area contributed by atoms with Crippen LogP contribution in [0.15, 0.2) is 53.4 Å². The normalized spacial score (nSPS) is 14.0. The molecule has 0 aromatic heterocycles. The number of carbonyl (C=O) groups is 1. The van der Waals surface area contributed by atoms with Gasteiger partial charge in [0.25, 0.3) is 10.0 Å². The van der Waals surface area contributed by atoms with E-state index in [0.29, 0.717) is 24.2 Å². The molecule has 0 saturated heterocycles. The number of anilines is 1. The number of rotatable bonds is 3. The van der Waals surface area contributed by atoms with Crippen molar-refractivity contribution in [3.05, 3.63) is 59.7 Å². The molecule has 1 aliphatic rings. The van der Waals surface area contributed by atoms with E-state index in [1.807, 2.05) is 0 Å². The molecule has 3 rings (SSSR count). The molecule has 1 amide bonds. The number of nitrogens with zero attached hydrogens (tertiary/aromatic N) is 1. The van der Waals surface area contributed by atoms with Crippen molar-refractivity contribution in [2.45, 2.75) is 11.3 Å². The lowest BCUT2D eigenvalue weighted by Crippen LogP contribution is -2.29. The van der Waals surface area contributed by atoms with Crippen molar-refractivity contribution in [3.8, 4) is 0 Å². The van der Waals surface area contributed by atoms with E-state index in [1.165, 1.54) is 4.31 Å². The van der Waals surface area contributed by atoms with Gasteiger partial charge in [0, 0.05) is 12.1 Å². The van der Waals surface area contributed by atoms with Crippen molar-refractivity contribution in [3.63, 3.8) is 0 Å². The summed E-state index contributed by atoms with van der Waals surface area (Å²) in [4.78, 5) is 11.5. The molecule has 1 aliphatic heterocycles. The highest BCUT2D eigenvalue weighted by Crippen LogP contribution is 2.33. The zero-order valence-corrected chi connectivity index (χ0v) is 12.0. The summed E-state index contributed by atoms with van der Waals surface area (Å²) < 4.78 is 26.7. The molecule has 2 aromatic rings. The van der Waals surface area contributed by atoms with Gasteiger partial charge in [-0.3, -0.25) is 9.10 Å². The molecule has 5 nitrogen and oxygen atoms in total. The van der Waals surface area contributed by atoms with E-state index in [2.05, 4.69) is 0 Å². The third kappa shape index (κ3) is 2.27. The van der Waals surface area contributed by atoms with Crippen LogP contribution in [-0.2, 0) is 16.4 Å². The second-order valence-corrected chi connectivity index (χ2v) is 6.71. The molecule has 0 bridgehead atoms. The predicted molar refractivity (Wildman–Crippen MR) is 79.6 cm³/mol. The Morgan fingerprint density at radius 3 is 2.48 bits per heavy atom. The van der Waals surface area contributed by atoms with Gasteiger partial charge in [0.15, 0.2) is 0 Å². The Bertz CT molecular complexity index is 801. The highest BCUT2D eigenvalue weighted by Gasteiger charge is 2.31. The Morgan fingerprint density at radius 1 is 1.10 bits per heavy atom. The molecule has 0 unspecified atom stereocenters. The molecule has 0 atom stereocenters. The molecule has 0 aliphatic carbocycles. The van der Waals surface area contributed by atoms with Gasteiger partial charge in [0.2, 0.25) is 5.91 Å². The van der Waals surface area contributed by atoms with E-state index in [-0.39, 0.29) is 4.90 Å². The monoisotopic (exact) mass is 302 g/mol. The van der Waals surface area contributed by atoms with Gasteiger partial charge in [-0.2, -0.15) is 0 Å². The van der Waals surface area contributed by atoms with Gasteiger partial charge in [0.05, 0.1) is 10.6 Å². The van der Waals surface area contributed by atoms with E-state index in [9.17, 15) is 13.2 Å². The standard InChI is InChI=1S/C15H14N2O3S/c16-15(18)12-7-6-11-8-9-17(14(11)10-12)21(19,20)13-4-2-1-3-5-13/h1-7,10H,8-9H2,(H2,16,18). The van der Waals surface area contributed by atoms with Crippen LogP contribution in [0, 0.1) is 0 Å². The Labute approximate surface area is 123 Å². The SMILES string of the molecule is NC(=O)c1ccc2c(c1)N(S(=O)(=O)c1ccccc1)CC2. The molecule has 0 spiro atoms. The zero-order valence-electron chi connectivity index (χ0n) is 11.2. The molecule has 21 heavy (non-hydrogen) atoms. The summed E-state index contributed by atoms with van der Waals surface area (Å²) in [7, 11) is -3.61. The molecule has 108 valence electrons. The molecule has 2 aromatic carbocycles. The lowest BCUT2D eigenvalue weighted by molar-refractivity contribution is 0.100. The number of fused-ring (bicyclic) bond motifs is 1. The maximum absolute atomic E-state index is 12.7.